The van der Waals surface area contributed by atoms with E-state index in [0.717, 1.165) is 0 Å². The minimum atomic E-state index is -5.70. The van der Waals surface area contributed by atoms with Crippen LogP contribution in [0.1, 0.15) is 6.42 Å². The molecular formula is C5H12N2Na4O6P2. The van der Waals surface area contributed by atoms with Gasteiger partial charge in [-0.1, -0.05) is 0 Å². The Kier molecular flexibility index (Phi) is 24.5. The van der Waals surface area contributed by atoms with Crippen molar-refractivity contribution >= 4 is 15.2 Å². The molecule has 92 valence electrons. The van der Waals surface area contributed by atoms with Crippen LogP contribution in [-0.2, 0) is 9.13 Å². The fourth-order valence-electron chi connectivity index (χ4n) is 0.812. The normalized spacial score (nSPS) is 11.6. The van der Waals surface area contributed by atoms with E-state index < -0.39 is 26.6 Å². The maximum Gasteiger partial charge on any atom is 1.00 e. The fourth-order valence-corrected chi connectivity index (χ4v) is 2.76. The average Bonchev–Trinajstić information content (AvgIpc) is 1.95. The van der Waals surface area contributed by atoms with Crippen molar-refractivity contribution in [3.63, 3.8) is 0 Å². The quantitative estimate of drug-likeness (QED) is 0.378. The van der Waals surface area contributed by atoms with Gasteiger partial charge in [0.25, 0.3) is 0 Å². The molecule has 0 fully saturated rings. The van der Waals surface area contributed by atoms with Crippen molar-refractivity contribution in [3.05, 3.63) is 0 Å². The summed E-state index contributed by atoms with van der Waals surface area (Å²) in [7, 11) is -8.37. The molecule has 19 heavy (non-hydrogen) atoms. The van der Waals surface area contributed by atoms with Crippen molar-refractivity contribution in [2.75, 3.05) is 20.6 Å². The van der Waals surface area contributed by atoms with Crippen LogP contribution in [0.4, 0.5) is 0 Å². The number of hydrogen-bond donors (Lipinski definition) is 1. The zero-order valence-electron chi connectivity index (χ0n) is 12.3. The maximum absolute atomic E-state index is 10.7. The van der Waals surface area contributed by atoms with Crippen LogP contribution in [0.2, 0.25) is 0 Å². The second-order valence-electron chi connectivity index (χ2n) is 3.43. The van der Waals surface area contributed by atoms with E-state index in [-0.39, 0.29) is 125 Å². The Balaban J connectivity index is -0.000000163. The van der Waals surface area contributed by atoms with Gasteiger partial charge in [0.2, 0.25) is 0 Å². The Morgan fingerprint density at radius 1 is 0.947 bits per heavy atom. The van der Waals surface area contributed by atoms with Gasteiger partial charge in [0, 0.05) is 6.54 Å². The van der Waals surface area contributed by atoms with E-state index in [1.165, 1.54) is 19.0 Å². The van der Waals surface area contributed by atoms with Crippen LogP contribution in [0.5, 0.6) is 0 Å². The zero-order valence-corrected chi connectivity index (χ0v) is 22.1. The topological polar surface area (TPSA) is 156 Å². The Labute approximate surface area is 201 Å². The van der Waals surface area contributed by atoms with Gasteiger partial charge in [-0.2, -0.15) is 0 Å². The van der Waals surface area contributed by atoms with Crippen LogP contribution >= 0.6 is 15.2 Å². The molecule has 0 radical (unpaired) electrons. The molecule has 0 saturated heterocycles. The van der Waals surface area contributed by atoms with Gasteiger partial charge in [0.05, 0.1) is 5.02 Å². The summed E-state index contributed by atoms with van der Waals surface area (Å²) in [6.07, 6.45) is -0.742. The first-order chi connectivity index (χ1) is 6.42. The largest absolute Gasteiger partial charge is 1.00 e. The third-order valence-electron chi connectivity index (χ3n) is 1.88. The molecule has 14 heteroatoms. The smallest absolute Gasteiger partial charge is 0.809 e. The molecule has 0 aliphatic heterocycles. The molecule has 0 bridgehead atoms. The van der Waals surface area contributed by atoms with Crippen molar-refractivity contribution < 1.29 is 147 Å². The van der Waals surface area contributed by atoms with Crippen LogP contribution in [0.3, 0.4) is 0 Å². The standard InChI is InChI=1S/C5H16N2O6P2.4Na/c1-7(2)4-3-5(6,14(8,9)10)15(11,12)13;;;;/h3-4,6H2,1-2H3,(H2,8,9,10)(H2,11,12,13);;;;/q;4*+1/p-4. The summed E-state index contributed by atoms with van der Waals surface area (Å²) in [4.78, 5) is 44.1. The SMILES string of the molecule is CN(C)CCC(N)(P(=O)([O-])[O-])P(=O)([O-])[O-].[Na+].[Na+].[Na+].[Na+]. The van der Waals surface area contributed by atoms with E-state index in [0.29, 0.717) is 0 Å². The van der Waals surface area contributed by atoms with Crippen LogP contribution in [-0.4, -0.2) is 30.6 Å². The Morgan fingerprint density at radius 3 is 1.37 bits per heavy atom. The van der Waals surface area contributed by atoms with Crippen LogP contribution in [0.25, 0.3) is 0 Å². The molecule has 0 saturated carbocycles. The van der Waals surface area contributed by atoms with Gasteiger partial charge >= 0.3 is 118 Å². The van der Waals surface area contributed by atoms with E-state index in [1.807, 2.05) is 0 Å². The molecule has 0 aromatic rings. The summed E-state index contributed by atoms with van der Waals surface area (Å²) in [5, 5.41) is -3.25. The molecule has 0 aromatic carbocycles. The molecular weight excluding hydrogens is 338 g/mol. The molecule has 2 N–H and O–H groups in total. The maximum atomic E-state index is 10.7. The molecule has 0 aromatic heterocycles. The number of rotatable bonds is 5. The average molecular weight is 350 g/mol. The van der Waals surface area contributed by atoms with Crippen LogP contribution in [0, 0.1) is 0 Å². The van der Waals surface area contributed by atoms with Gasteiger partial charge in [-0.05, 0) is 35.7 Å². The molecule has 0 heterocycles. The summed E-state index contributed by atoms with van der Waals surface area (Å²) in [5.74, 6) is 0. The van der Waals surface area contributed by atoms with Crippen molar-refractivity contribution in [2.24, 2.45) is 5.73 Å². The van der Waals surface area contributed by atoms with Gasteiger partial charge in [-0.25, -0.2) is 0 Å². The summed E-state index contributed by atoms with van der Waals surface area (Å²) in [6, 6.07) is 0. The van der Waals surface area contributed by atoms with Crippen LogP contribution < -0.4 is 144 Å². The van der Waals surface area contributed by atoms with E-state index >= 15 is 0 Å². The predicted octanol–water partition coefficient (Wildman–Crippen LogP) is -15.6. The van der Waals surface area contributed by atoms with Gasteiger partial charge in [0.15, 0.2) is 0 Å². The van der Waals surface area contributed by atoms with E-state index in [2.05, 4.69) is 0 Å². The van der Waals surface area contributed by atoms with Gasteiger partial charge in [-0.3, -0.25) is 0 Å². The van der Waals surface area contributed by atoms with E-state index in [1.54, 1.807) is 0 Å². The third-order valence-corrected chi connectivity index (χ3v) is 5.69. The molecule has 0 rings (SSSR count). The Bertz CT molecular complexity index is 299. The van der Waals surface area contributed by atoms with Crippen molar-refractivity contribution in [2.45, 2.75) is 11.4 Å². The molecule has 0 aliphatic rings. The van der Waals surface area contributed by atoms with Crippen molar-refractivity contribution in [1.82, 2.24) is 4.90 Å². The summed E-state index contributed by atoms with van der Waals surface area (Å²) >= 11 is 0. The number of hydrogen-bond acceptors (Lipinski definition) is 8. The summed E-state index contributed by atoms with van der Waals surface area (Å²) < 4.78 is 21.3. The monoisotopic (exact) mass is 350 g/mol. The first-order valence-corrected chi connectivity index (χ1v) is 6.98. The minimum absolute atomic E-state index is 0. The summed E-state index contributed by atoms with van der Waals surface area (Å²) in [5.41, 5.74) is 4.90. The summed E-state index contributed by atoms with van der Waals surface area (Å²) in [6.45, 7) is -0.0978. The Hall–Kier alpha value is 4.22. The fraction of sp³-hybridized carbons (Fsp3) is 1.00. The predicted molar refractivity (Wildman–Crippen MR) is 45.3 cm³/mol. The van der Waals surface area contributed by atoms with E-state index in [9.17, 15) is 28.7 Å². The zero-order chi connectivity index (χ0) is 12.5. The van der Waals surface area contributed by atoms with Crippen molar-refractivity contribution in [3.8, 4) is 0 Å². The first kappa shape index (κ1) is 34.5. The molecule has 0 amide bonds. The molecule has 0 aliphatic carbocycles. The molecule has 0 spiro atoms. The first-order valence-electron chi connectivity index (χ1n) is 3.90. The number of nitrogens with two attached hydrogens (primary N) is 1. The minimum Gasteiger partial charge on any atom is -0.809 e. The van der Waals surface area contributed by atoms with Crippen molar-refractivity contribution in [1.29, 1.82) is 0 Å². The molecule has 8 nitrogen and oxygen atoms in total. The van der Waals surface area contributed by atoms with Gasteiger partial charge < -0.3 is 39.3 Å². The van der Waals surface area contributed by atoms with Crippen LogP contribution in [0.15, 0.2) is 0 Å². The molecule has 0 atom stereocenters. The van der Waals surface area contributed by atoms with Gasteiger partial charge in [-0.15, -0.1) is 0 Å². The number of nitrogens with zero attached hydrogens (tertiary/aromatic N) is 1. The third kappa shape index (κ3) is 11.4. The second kappa shape index (κ2) is 13.5. The van der Waals surface area contributed by atoms with E-state index in [4.69, 9.17) is 5.73 Å². The molecule has 0 unspecified atom stereocenters. The second-order valence-corrected chi connectivity index (χ2v) is 7.37. The van der Waals surface area contributed by atoms with Gasteiger partial charge in [0.1, 0.15) is 0 Å². The Morgan fingerprint density at radius 2 is 1.21 bits per heavy atom.